The van der Waals surface area contributed by atoms with Crippen LogP contribution in [0.25, 0.3) is 11.4 Å². The van der Waals surface area contributed by atoms with Gasteiger partial charge in [-0.2, -0.15) is 18.2 Å². The molecule has 0 saturated heterocycles. The molecular formula is C18H14F3N3O2. The normalized spacial score (nSPS) is 11.4. The Balaban J connectivity index is 1.73. The lowest BCUT2D eigenvalue weighted by Crippen LogP contribution is -2.04. The van der Waals surface area contributed by atoms with Gasteiger partial charge in [0.15, 0.2) is 5.78 Å². The van der Waals surface area contributed by atoms with Crippen molar-refractivity contribution >= 4 is 11.5 Å². The van der Waals surface area contributed by atoms with Gasteiger partial charge in [-0.25, -0.2) is 0 Å². The Morgan fingerprint density at radius 2 is 1.92 bits per heavy atom. The summed E-state index contributed by atoms with van der Waals surface area (Å²) >= 11 is 0. The molecule has 8 heteroatoms. The van der Waals surface area contributed by atoms with Gasteiger partial charge in [-0.1, -0.05) is 29.4 Å². The highest BCUT2D eigenvalue weighted by Gasteiger charge is 2.30. The largest absolute Gasteiger partial charge is 0.416 e. The fourth-order valence-corrected chi connectivity index (χ4v) is 2.30. The third-order valence-electron chi connectivity index (χ3n) is 3.63. The van der Waals surface area contributed by atoms with Crippen LogP contribution in [0.15, 0.2) is 53.1 Å². The summed E-state index contributed by atoms with van der Waals surface area (Å²) in [6.07, 6.45) is -4.44. The first-order valence-corrected chi connectivity index (χ1v) is 7.68. The Labute approximate surface area is 146 Å². The maximum atomic E-state index is 12.8. The summed E-state index contributed by atoms with van der Waals surface area (Å²) in [7, 11) is 0. The van der Waals surface area contributed by atoms with Crippen LogP contribution in [0.3, 0.4) is 0 Å². The van der Waals surface area contributed by atoms with Crippen molar-refractivity contribution in [1.82, 2.24) is 10.1 Å². The van der Waals surface area contributed by atoms with Gasteiger partial charge < -0.3 is 9.84 Å². The Morgan fingerprint density at radius 1 is 1.15 bits per heavy atom. The van der Waals surface area contributed by atoms with Crippen LogP contribution in [0, 0.1) is 0 Å². The van der Waals surface area contributed by atoms with Crippen molar-refractivity contribution in [1.29, 1.82) is 0 Å². The first kappa shape index (κ1) is 17.7. The van der Waals surface area contributed by atoms with Gasteiger partial charge in [-0.05, 0) is 31.2 Å². The van der Waals surface area contributed by atoms with E-state index in [1.54, 1.807) is 24.3 Å². The van der Waals surface area contributed by atoms with Crippen molar-refractivity contribution in [3.63, 3.8) is 0 Å². The van der Waals surface area contributed by atoms with E-state index in [9.17, 15) is 18.0 Å². The molecule has 134 valence electrons. The standard InChI is InChI=1S/C18H14F3N3O2/c1-11(25)12-4-3-7-15(9-12)22-10-16-23-17(24-26-16)13-5-2-6-14(8-13)18(19,20)21/h2-9,22H,10H2,1H3. The number of carbonyl (C=O) groups is 1. The number of hydrogen-bond acceptors (Lipinski definition) is 5. The van der Waals surface area contributed by atoms with Gasteiger partial charge in [-0.3, -0.25) is 4.79 Å². The molecule has 0 unspecified atom stereocenters. The van der Waals surface area contributed by atoms with E-state index >= 15 is 0 Å². The molecule has 0 fully saturated rings. The van der Waals surface area contributed by atoms with Gasteiger partial charge in [0, 0.05) is 16.8 Å². The lowest BCUT2D eigenvalue weighted by molar-refractivity contribution is -0.137. The Morgan fingerprint density at radius 3 is 2.65 bits per heavy atom. The third-order valence-corrected chi connectivity index (χ3v) is 3.63. The van der Waals surface area contributed by atoms with Gasteiger partial charge in [0.2, 0.25) is 11.7 Å². The van der Waals surface area contributed by atoms with E-state index in [1.165, 1.54) is 19.1 Å². The molecule has 0 aliphatic carbocycles. The SMILES string of the molecule is CC(=O)c1cccc(NCc2nc(-c3cccc(C(F)(F)F)c3)no2)c1. The number of alkyl halides is 3. The fourth-order valence-electron chi connectivity index (χ4n) is 2.30. The fraction of sp³-hybridized carbons (Fsp3) is 0.167. The maximum Gasteiger partial charge on any atom is 0.416 e. The molecule has 0 saturated carbocycles. The molecule has 0 radical (unpaired) electrons. The highest BCUT2D eigenvalue weighted by molar-refractivity contribution is 5.94. The number of hydrogen-bond donors (Lipinski definition) is 1. The van der Waals surface area contributed by atoms with E-state index in [2.05, 4.69) is 15.5 Å². The van der Waals surface area contributed by atoms with E-state index in [1.807, 2.05) is 0 Å². The second-order valence-corrected chi connectivity index (χ2v) is 5.58. The van der Waals surface area contributed by atoms with Gasteiger partial charge in [-0.15, -0.1) is 0 Å². The molecule has 3 rings (SSSR count). The van der Waals surface area contributed by atoms with Crippen molar-refractivity contribution in [3.8, 4) is 11.4 Å². The monoisotopic (exact) mass is 361 g/mol. The predicted octanol–water partition coefficient (Wildman–Crippen LogP) is 4.57. The molecule has 1 aromatic heterocycles. The summed E-state index contributed by atoms with van der Waals surface area (Å²) < 4.78 is 43.4. The van der Waals surface area contributed by atoms with Crippen LogP contribution in [0.1, 0.15) is 28.7 Å². The number of rotatable bonds is 5. The van der Waals surface area contributed by atoms with Crippen molar-refractivity contribution < 1.29 is 22.5 Å². The second kappa shape index (κ2) is 6.99. The highest BCUT2D eigenvalue weighted by atomic mass is 19.4. The summed E-state index contributed by atoms with van der Waals surface area (Å²) in [4.78, 5) is 15.5. The second-order valence-electron chi connectivity index (χ2n) is 5.58. The third kappa shape index (κ3) is 4.08. The topological polar surface area (TPSA) is 68.0 Å². The Kier molecular flexibility index (Phi) is 4.75. The van der Waals surface area contributed by atoms with Crippen molar-refractivity contribution in [2.75, 3.05) is 5.32 Å². The zero-order valence-corrected chi connectivity index (χ0v) is 13.7. The maximum absolute atomic E-state index is 12.8. The minimum Gasteiger partial charge on any atom is -0.376 e. The first-order chi connectivity index (χ1) is 12.3. The average molecular weight is 361 g/mol. The Hall–Kier alpha value is -3.16. The van der Waals surface area contributed by atoms with Crippen LogP contribution in [0.5, 0.6) is 0 Å². The summed E-state index contributed by atoms with van der Waals surface area (Å²) in [6.45, 7) is 1.64. The van der Waals surface area contributed by atoms with E-state index in [4.69, 9.17) is 4.52 Å². The lowest BCUT2D eigenvalue weighted by Gasteiger charge is -2.06. The molecule has 0 amide bonds. The van der Waals surface area contributed by atoms with E-state index in [0.717, 1.165) is 12.1 Å². The van der Waals surface area contributed by atoms with Crippen LogP contribution < -0.4 is 5.32 Å². The number of ketones is 1. The van der Waals surface area contributed by atoms with Crippen LogP contribution in [-0.2, 0) is 12.7 Å². The highest BCUT2D eigenvalue weighted by Crippen LogP contribution is 2.31. The molecule has 5 nitrogen and oxygen atoms in total. The van der Waals surface area contributed by atoms with Crippen LogP contribution >= 0.6 is 0 Å². The van der Waals surface area contributed by atoms with Gasteiger partial charge in [0.25, 0.3) is 0 Å². The molecule has 0 aliphatic rings. The molecule has 26 heavy (non-hydrogen) atoms. The summed E-state index contributed by atoms with van der Waals surface area (Å²) in [5, 5.41) is 6.75. The quantitative estimate of drug-likeness (QED) is 0.674. The van der Waals surface area contributed by atoms with E-state index in [-0.39, 0.29) is 29.6 Å². The summed E-state index contributed by atoms with van der Waals surface area (Å²) in [6, 6.07) is 11.6. The number of Topliss-reactive ketones (excluding diaryl/α,β-unsaturated/α-hetero) is 1. The summed E-state index contributed by atoms with van der Waals surface area (Å²) in [5.74, 6) is 0.231. The zero-order valence-electron chi connectivity index (χ0n) is 13.7. The van der Waals surface area contributed by atoms with Crippen LogP contribution in [-0.4, -0.2) is 15.9 Å². The molecular weight excluding hydrogens is 347 g/mol. The molecule has 0 aliphatic heterocycles. The number of benzene rings is 2. The minimum absolute atomic E-state index is 0.0572. The zero-order chi connectivity index (χ0) is 18.7. The predicted molar refractivity (Wildman–Crippen MR) is 88.5 cm³/mol. The van der Waals surface area contributed by atoms with Crippen molar-refractivity contribution in [2.24, 2.45) is 0 Å². The molecule has 0 bridgehead atoms. The van der Waals surface area contributed by atoms with Crippen LogP contribution in [0.2, 0.25) is 0 Å². The Bertz CT molecular complexity index is 935. The first-order valence-electron chi connectivity index (χ1n) is 7.68. The average Bonchev–Trinajstić information content (AvgIpc) is 3.09. The molecule has 1 N–H and O–H groups in total. The number of halogens is 3. The number of carbonyl (C=O) groups excluding carboxylic acids is 1. The summed E-state index contributed by atoms with van der Waals surface area (Å²) in [5.41, 5.74) is 0.690. The van der Waals surface area contributed by atoms with E-state index in [0.29, 0.717) is 11.3 Å². The number of nitrogens with one attached hydrogen (secondary N) is 1. The number of nitrogens with zero attached hydrogens (tertiary/aromatic N) is 2. The minimum atomic E-state index is -4.44. The van der Waals surface area contributed by atoms with Crippen LogP contribution in [0.4, 0.5) is 18.9 Å². The van der Waals surface area contributed by atoms with Gasteiger partial charge in [0.05, 0.1) is 12.1 Å². The van der Waals surface area contributed by atoms with E-state index < -0.39 is 11.7 Å². The van der Waals surface area contributed by atoms with Gasteiger partial charge in [0.1, 0.15) is 0 Å². The van der Waals surface area contributed by atoms with Gasteiger partial charge >= 0.3 is 6.18 Å². The number of anilines is 1. The molecule has 1 heterocycles. The number of aromatic nitrogens is 2. The lowest BCUT2D eigenvalue weighted by atomic mass is 10.1. The van der Waals surface area contributed by atoms with Crippen molar-refractivity contribution in [2.45, 2.75) is 19.6 Å². The molecule has 0 atom stereocenters. The molecule has 2 aromatic carbocycles. The van der Waals surface area contributed by atoms with Crippen molar-refractivity contribution in [3.05, 3.63) is 65.5 Å². The smallest absolute Gasteiger partial charge is 0.376 e. The molecule has 0 spiro atoms. The molecule has 3 aromatic rings.